The number of anilines is 1. The predicted molar refractivity (Wildman–Crippen MR) is 133 cm³/mol. The van der Waals surface area contributed by atoms with Crippen molar-refractivity contribution >= 4 is 39.4 Å². The van der Waals surface area contributed by atoms with Crippen LogP contribution in [-0.2, 0) is 11.0 Å². The summed E-state index contributed by atoms with van der Waals surface area (Å²) >= 11 is 6.34. The van der Waals surface area contributed by atoms with Gasteiger partial charge in [-0.2, -0.15) is 9.37 Å². The number of alkyl halides is 2. The molecule has 2 unspecified atom stereocenters. The fraction of sp³-hybridized carbons (Fsp3) is 0.304. The molecule has 0 bridgehead atoms. The molecule has 0 fully saturated rings. The Morgan fingerprint density at radius 3 is 2.65 bits per heavy atom. The van der Waals surface area contributed by atoms with Crippen molar-refractivity contribution in [2.45, 2.75) is 37.5 Å². The standard InChI is InChI=1S/C23H22ClF3N6O3S/c1-4-11(2)17-20(36-10-15(25)26)22(35-3)32-23(31-17)33-37(34)14-9-30-18-12(14)5-6-13(24)16(18)19-21(27)29-8-7-28-19/h5-9,11,15,30H,4,10H2,1-3H3,(H,31,32,33). The Bertz CT molecular complexity index is 1460. The smallest absolute Gasteiger partial charge is 0.272 e. The predicted octanol–water partition coefficient (Wildman–Crippen LogP) is 5.51. The Morgan fingerprint density at radius 1 is 1.22 bits per heavy atom. The monoisotopic (exact) mass is 554 g/mol. The second kappa shape index (κ2) is 11.3. The van der Waals surface area contributed by atoms with Crippen LogP contribution in [0.5, 0.6) is 11.6 Å². The molecule has 0 saturated heterocycles. The first kappa shape index (κ1) is 26.6. The molecule has 196 valence electrons. The minimum atomic E-state index is -2.70. The summed E-state index contributed by atoms with van der Waals surface area (Å²) in [6.45, 7) is 2.89. The largest absolute Gasteiger partial charge is 0.480 e. The molecule has 9 nitrogen and oxygen atoms in total. The molecule has 0 aliphatic rings. The van der Waals surface area contributed by atoms with Gasteiger partial charge in [0.25, 0.3) is 12.3 Å². The van der Waals surface area contributed by atoms with E-state index in [-0.39, 0.29) is 39.8 Å². The lowest BCUT2D eigenvalue weighted by molar-refractivity contribution is 0.0790. The molecular weight excluding hydrogens is 533 g/mol. The molecule has 0 amide bonds. The zero-order valence-corrected chi connectivity index (χ0v) is 21.5. The summed E-state index contributed by atoms with van der Waals surface area (Å²) in [5.74, 6) is -1.13. The number of aromatic amines is 1. The van der Waals surface area contributed by atoms with Gasteiger partial charge >= 0.3 is 0 Å². The first-order valence-electron chi connectivity index (χ1n) is 11.1. The number of hydrogen-bond donors (Lipinski definition) is 2. The summed E-state index contributed by atoms with van der Waals surface area (Å²) in [4.78, 5) is 19.5. The first-order chi connectivity index (χ1) is 17.7. The van der Waals surface area contributed by atoms with Gasteiger partial charge in [0.05, 0.1) is 28.2 Å². The third kappa shape index (κ3) is 5.47. The van der Waals surface area contributed by atoms with Crippen molar-refractivity contribution in [3.8, 4) is 22.9 Å². The molecule has 4 aromatic rings. The van der Waals surface area contributed by atoms with E-state index in [0.717, 1.165) is 0 Å². The number of aromatic nitrogens is 5. The highest BCUT2D eigenvalue weighted by molar-refractivity contribution is 7.86. The average Bonchev–Trinajstić information content (AvgIpc) is 3.31. The van der Waals surface area contributed by atoms with Crippen molar-refractivity contribution < 1.29 is 26.9 Å². The third-order valence-corrected chi connectivity index (χ3v) is 6.95. The van der Waals surface area contributed by atoms with Crippen molar-refractivity contribution in [1.29, 1.82) is 0 Å². The number of rotatable bonds is 10. The lowest BCUT2D eigenvalue weighted by Gasteiger charge is -2.18. The zero-order chi connectivity index (χ0) is 26.7. The van der Waals surface area contributed by atoms with Crippen LogP contribution in [0.25, 0.3) is 22.2 Å². The van der Waals surface area contributed by atoms with E-state index in [9.17, 15) is 17.4 Å². The van der Waals surface area contributed by atoms with Gasteiger partial charge in [0.15, 0.2) is 11.0 Å². The van der Waals surface area contributed by atoms with Gasteiger partial charge in [-0.15, -0.1) is 0 Å². The van der Waals surface area contributed by atoms with Gasteiger partial charge in [0.1, 0.15) is 12.3 Å². The van der Waals surface area contributed by atoms with E-state index in [1.54, 1.807) is 6.07 Å². The van der Waals surface area contributed by atoms with E-state index in [1.165, 1.54) is 31.8 Å². The third-order valence-electron chi connectivity index (χ3n) is 5.53. The summed E-state index contributed by atoms with van der Waals surface area (Å²) in [6.07, 6.45) is 1.96. The topological polar surface area (TPSA) is 115 Å². The molecule has 0 aliphatic heterocycles. The van der Waals surface area contributed by atoms with Crippen molar-refractivity contribution in [2.24, 2.45) is 0 Å². The van der Waals surface area contributed by atoms with E-state index < -0.39 is 30.0 Å². The summed E-state index contributed by atoms with van der Waals surface area (Å²) in [6, 6.07) is 3.17. The van der Waals surface area contributed by atoms with Crippen molar-refractivity contribution in [1.82, 2.24) is 24.9 Å². The Balaban J connectivity index is 1.72. The lowest BCUT2D eigenvalue weighted by Crippen LogP contribution is -2.15. The van der Waals surface area contributed by atoms with Crippen LogP contribution in [-0.4, -0.2) is 49.3 Å². The summed E-state index contributed by atoms with van der Waals surface area (Å²) in [5, 5.41) is 0.714. The fourth-order valence-corrected chi connectivity index (χ4v) is 4.75. The first-order valence-corrected chi connectivity index (χ1v) is 12.6. The molecule has 0 spiro atoms. The highest BCUT2D eigenvalue weighted by Gasteiger charge is 2.24. The van der Waals surface area contributed by atoms with E-state index in [1.807, 2.05) is 13.8 Å². The van der Waals surface area contributed by atoms with Crippen LogP contribution in [0.4, 0.5) is 19.1 Å². The number of halogens is 4. The number of fused-ring (bicyclic) bond motifs is 1. The number of ether oxygens (including phenoxy) is 2. The van der Waals surface area contributed by atoms with Crippen LogP contribution in [0.3, 0.4) is 0 Å². The Hall–Kier alpha value is -3.45. The molecule has 2 N–H and O–H groups in total. The van der Waals surface area contributed by atoms with E-state index in [2.05, 4.69) is 29.6 Å². The molecule has 1 aromatic carbocycles. The van der Waals surface area contributed by atoms with Crippen LogP contribution in [0.1, 0.15) is 31.9 Å². The average molecular weight is 555 g/mol. The van der Waals surface area contributed by atoms with Crippen molar-refractivity contribution in [3.05, 3.63) is 47.4 Å². The number of methoxy groups -OCH3 is 1. The number of nitrogens with zero attached hydrogens (tertiary/aromatic N) is 4. The highest BCUT2D eigenvalue weighted by atomic mass is 35.5. The maximum absolute atomic E-state index is 14.4. The van der Waals surface area contributed by atoms with Gasteiger partial charge in [0, 0.05) is 35.5 Å². The molecule has 0 aliphatic carbocycles. The van der Waals surface area contributed by atoms with Gasteiger partial charge in [-0.1, -0.05) is 31.5 Å². The number of hydrogen-bond acceptors (Lipinski definition) is 7. The zero-order valence-electron chi connectivity index (χ0n) is 19.9. The Kier molecular flexibility index (Phi) is 8.13. The molecular formula is C23H22ClF3N6O3S. The summed E-state index contributed by atoms with van der Waals surface area (Å²) < 4.78 is 66.5. The fourth-order valence-electron chi connectivity index (χ4n) is 3.60. The second-order valence-electron chi connectivity index (χ2n) is 7.85. The maximum atomic E-state index is 14.4. The maximum Gasteiger partial charge on any atom is 0.272 e. The van der Waals surface area contributed by atoms with Gasteiger partial charge in [-0.05, 0) is 12.5 Å². The molecule has 37 heavy (non-hydrogen) atoms. The van der Waals surface area contributed by atoms with Crippen LogP contribution in [0.15, 0.2) is 35.6 Å². The van der Waals surface area contributed by atoms with Crippen LogP contribution in [0.2, 0.25) is 5.02 Å². The van der Waals surface area contributed by atoms with E-state index in [0.29, 0.717) is 27.9 Å². The number of benzene rings is 1. The summed E-state index contributed by atoms with van der Waals surface area (Å²) in [5.41, 5.74) is 0.952. The van der Waals surface area contributed by atoms with E-state index >= 15 is 0 Å². The van der Waals surface area contributed by atoms with Gasteiger partial charge in [0.2, 0.25) is 17.6 Å². The second-order valence-corrected chi connectivity index (χ2v) is 9.44. The Labute approximate surface area is 217 Å². The molecule has 0 saturated carbocycles. The molecule has 0 radical (unpaired) electrons. The molecule has 4 rings (SSSR count). The molecule has 14 heteroatoms. The van der Waals surface area contributed by atoms with Crippen LogP contribution >= 0.6 is 11.6 Å². The molecule has 2 atom stereocenters. The summed E-state index contributed by atoms with van der Waals surface area (Å²) in [7, 11) is -0.587. The minimum Gasteiger partial charge on any atom is -0.480 e. The quantitative estimate of drug-likeness (QED) is 0.266. The van der Waals surface area contributed by atoms with E-state index in [4.69, 9.17) is 21.1 Å². The normalized spacial score (nSPS) is 13.1. The van der Waals surface area contributed by atoms with Crippen LogP contribution in [0, 0.1) is 5.95 Å². The van der Waals surface area contributed by atoms with Crippen LogP contribution < -0.4 is 14.2 Å². The minimum absolute atomic E-state index is 0.00542. The molecule has 3 heterocycles. The van der Waals surface area contributed by atoms with Crippen molar-refractivity contribution in [3.63, 3.8) is 0 Å². The van der Waals surface area contributed by atoms with Gasteiger partial charge in [-0.25, -0.2) is 27.9 Å². The number of nitrogens with one attached hydrogen (secondary N) is 2. The number of H-pyrrole nitrogens is 1. The SMILES string of the molecule is CCC(C)c1nc(NS(=O)c2c[nH]c3c(-c4nccnc4F)c(Cl)ccc23)nc(OC)c1OCC(F)F. The molecule has 3 aromatic heterocycles. The van der Waals surface area contributed by atoms with Crippen molar-refractivity contribution in [2.75, 3.05) is 18.4 Å². The van der Waals surface area contributed by atoms with Gasteiger partial charge in [-0.3, -0.25) is 4.72 Å². The Morgan fingerprint density at radius 2 is 1.97 bits per heavy atom. The highest BCUT2D eigenvalue weighted by Crippen LogP contribution is 2.38. The van der Waals surface area contributed by atoms with Gasteiger partial charge < -0.3 is 14.5 Å². The lowest BCUT2D eigenvalue weighted by atomic mass is 10.0.